The number of nitrogens with one attached hydrogen (secondary N) is 1. The van der Waals surface area contributed by atoms with Crippen LogP contribution in [0.5, 0.6) is 0 Å². The molecule has 1 aromatic heterocycles. The minimum absolute atomic E-state index is 0.111. The Hall–Kier alpha value is -1.56. The summed E-state index contributed by atoms with van der Waals surface area (Å²) < 4.78 is 10.7. The number of benzene rings is 1. The van der Waals surface area contributed by atoms with Crippen LogP contribution in [0.1, 0.15) is 25.3 Å². The van der Waals surface area contributed by atoms with Crippen molar-refractivity contribution in [2.45, 2.75) is 26.3 Å². The van der Waals surface area contributed by atoms with Gasteiger partial charge in [-0.15, -0.1) is 0 Å². The Morgan fingerprint density at radius 3 is 2.96 bits per heavy atom. The number of hydrogen-bond acceptors (Lipinski definition) is 4. The average Bonchev–Trinajstić information content (AvgIpc) is 2.58. The second kappa shape index (κ2) is 7.77. The highest BCUT2D eigenvalue weighted by molar-refractivity contribution is 6.38. The van der Waals surface area contributed by atoms with Gasteiger partial charge < -0.3 is 14.1 Å². The first-order chi connectivity index (χ1) is 12.0. The molecule has 2 aromatic rings. The molecule has 2 atom stereocenters. The predicted molar refractivity (Wildman–Crippen MR) is 96.3 cm³/mol. The third-order valence-corrected chi connectivity index (χ3v) is 5.04. The summed E-state index contributed by atoms with van der Waals surface area (Å²) in [5.41, 5.74) is 0.777. The summed E-state index contributed by atoms with van der Waals surface area (Å²) in [7, 11) is 0. The van der Waals surface area contributed by atoms with E-state index in [9.17, 15) is 9.59 Å². The van der Waals surface area contributed by atoms with E-state index in [-0.39, 0.29) is 17.3 Å². The molecule has 1 aromatic carbocycles. The lowest BCUT2D eigenvalue weighted by Gasteiger charge is -2.28. The Bertz CT molecular complexity index is 849. The summed E-state index contributed by atoms with van der Waals surface area (Å²) in [5, 5.41) is 1.10. The molecule has 0 radical (unpaired) electrons. The van der Waals surface area contributed by atoms with Gasteiger partial charge in [0.25, 0.3) is 0 Å². The van der Waals surface area contributed by atoms with Gasteiger partial charge >= 0.3 is 5.97 Å². The molecular formula is C18H20Cl2NO4+. The molecule has 1 fully saturated rings. The van der Waals surface area contributed by atoms with Gasteiger partial charge in [-0.25, -0.2) is 0 Å². The zero-order valence-corrected chi connectivity index (χ0v) is 15.5. The lowest BCUT2D eigenvalue weighted by molar-refractivity contribution is -0.921. The van der Waals surface area contributed by atoms with Crippen LogP contribution in [0.15, 0.2) is 27.6 Å². The van der Waals surface area contributed by atoms with Crippen LogP contribution in [0.4, 0.5) is 0 Å². The molecule has 0 aliphatic carbocycles. The van der Waals surface area contributed by atoms with Gasteiger partial charge in [-0.05, 0) is 31.9 Å². The van der Waals surface area contributed by atoms with Crippen molar-refractivity contribution >= 4 is 40.1 Å². The minimum atomic E-state index is -0.149. The number of quaternary nitrogens is 1. The number of carbonyl (C=O) groups excluding carboxylic acids is 1. The molecule has 1 unspecified atom stereocenters. The number of esters is 1. The Morgan fingerprint density at radius 1 is 1.40 bits per heavy atom. The summed E-state index contributed by atoms with van der Waals surface area (Å²) in [6.45, 7) is 4.26. The van der Waals surface area contributed by atoms with E-state index in [1.165, 1.54) is 11.2 Å². The molecule has 0 bridgehead atoms. The Kier molecular flexibility index (Phi) is 5.67. The molecule has 1 N–H and O–H groups in total. The van der Waals surface area contributed by atoms with Crippen molar-refractivity contribution in [1.29, 1.82) is 0 Å². The number of fused-ring (bicyclic) bond motifs is 1. The molecule has 5 nitrogen and oxygen atoms in total. The van der Waals surface area contributed by atoms with Crippen LogP contribution in [-0.2, 0) is 16.1 Å². The third kappa shape index (κ3) is 4.00. The summed E-state index contributed by atoms with van der Waals surface area (Å²) in [6.07, 6.45) is 3.22. The maximum Gasteiger partial charge on any atom is 0.314 e. The van der Waals surface area contributed by atoms with E-state index in [4.69, 9.17) is 32.4 Å². The number of piperidine rings is 1. The van der Waals surface area contributed by atoms with E-state index in [0.29, 0.717) is 46.3 Å². The molecule has 0 amide bonds. The first-order valence-corrected chi connectivity index (χ1v) is 9.14. The topological polar surface area (TPSA) is 61.0 Å². The SMILES string of the molecule is CCOC(=O)[C@H]1CCC[NH+](Cc2coc3c(Cl)cc(Cl)cc3c2=O)C1. The van der Waals surface area contributed by atoms with E-state index in [0.717, 1.165) is 19.4 Å². The van der Waals surface area contributed by atoms with Gasteiger partial charge in [-0.3, -0.25) is 9.59 Å². The molecule has 0 spiro atoms. The number of likely N-dealkylation sites (tertiary alicyclic amines) is 1. The summed E-state index contributed by atoms with van der Waals surface area (Å²) >= 11 is 12.1. The van der Waals surface area contributed by atoms with E-state index in [1.54, 1.807) is 12.1 Å². The van der Waals surface area contributed by atoms with Crippen molar-refractivity contribution < 1.29 is 18.8 Å². The molecule has 0 saturated carbocycles. The zero-order chi connectivity index (χ0) is 18.0. The lowest BCUT2D eigenvalue weighted by Crippen LogP contribution is -3.12. The maximum atomic E-state index is 12.7. The molecule has 134 valence electrons. The number of halogens is 2. The van der Waals surface area contributed by atoms with Crippen LogP contribution in [0, 0.1) is 5.92 Å². The van der Waals surface area contributed by atoms with Crippen molar-refractivity contribution in [2.75, 3.05) is 19.7 Å². The van der Waals surface area contributed by atoms with Gasteiger partial charge in [0.2, 0.25) is 5.43 Å². The summed E-state index contributed by atoms with van der Waals surface area (Å²) in [6, 6.07) is 3.12. The molecule has 25 heavy (non-hydrogen) atoms. The molecule has 1 aliphatic heterocycles. The fraction of sp³-hybridized carbons (Fsp3) is 0.444. The van der Waals surface area contributed by atoms with Crippen molar-refractivity contribution in [1.82, 2.24) is 0 Å². The van der Waals surface area contributed by atoms with Crippen LogP contribution in [0.2, 0.25) is 10.0 Å². The van der Waals surface area contributed by atoms with E-state index >= 15 is 0 Å². The largest absolute Gasteiger partial charge is 0.466 e. The van der Waals surface area contributed by atoms with E-state index < -0.39 is 0 Å². The van der Waals surface area contributed by atoms with Crippen molar-refractivity contribution in [3.05, 3.63) is 44.2 Å². The number of rotatable bonds is 4. The van der Waals surface area contributed by atoms with E-state index in [1.807, 2.05) is 6.92 Å². The maximum absolute atomic E-state index is 12.7. The van der Waals surface area contributed by atoms with Gasteiger partial charge in [-0.2, -0.15) is 0 Å². The second-order valence-electron chi connectivity index (χ2n) is 6.33. The van der Waals surface area contributed by atoms with Crippen LogP contribution >= 0.6 is 23.2 Å². The molecule has 3 rings (SSSR count). The Labute approximate surface area is 155 Å². The molecule has 2 heterocycles. The molecular weight excluding hydrogens is 365 g/mol. The fourth-order valence-electron chi connectivity index (χ4n) is 3.37. The van der Waals surface area contributed by atoms with Crippen LogP contribution < -0.4 is 10.3 Å². The van der Waals surface area contributed by atoms with Crippen molar-refractivity contribution in [2.24, 2.45) is 5.92 Å². The van der Waals surface area contributed by atoms with Gasteiger partial charge in [-0.1, -0.05) is 23.2 Å². The highest BCUT2D eigenvalue weighted by Gasteiger charge is 2.30. The predicted octanol–water partition coefficient (Wildman–Crippen LogP) is 2.46. The van der Waals surface area contributed by atoms with Gasteiger partial charge in [0.15, 0.2) is 5.58 Å². The quantitative estimate of drug-likeness (QED) is 0.822. The molecule has 1 saturated heterocycles. The first-order valence-electron chi connectivity index (χ1n) is 8.39. The normalized spacial score (nSPS) is 20.6. The fourth-order valence-corrected chi connectivity index (χ4v) is 3.91. The highest BCUT2D eigenvalue weighted by Crippen LogP contribution is 2.26. The number of hydrogen-bond donors (Lipinski definition) is 1. The summed E-state index contributed by atoms with van der Waals surface area (Å²) in [4.78, 5) is 25.9. The van der Waals surface area contributed by atoms with Gasteiger partial charge in [0.1, 0.15) is 18.7 Å². The smallest absolute Gasteiger partial charge is 0.314 e. The molecule has 7 heteroatoms. The lowest BCUT2D eigenvalue weighted by atomic mass is 9.98. The average molecular weight is 385 g/mol. The first kappa shape index (κ1) is 18.2. The highest BCUT2D eigenvalue weighted by atomic mass is 35.5. The second-order valence-corrected chi connectivity index (χ2v) is 7.17. The monoisotopic (exact) mass is 384 g/mol. The van der Waals surface area contributed by atoms with Gasteiger partial charge in [0.05, 0.1) is 35.7 Å². The van der Waals surface area contributed by atoms with E-state index in [2.05, 4.69) is 0 Å². The van der Waals surface area contributed by atoms with Crippen LogP contribution in [0.25, 0.3) is 11.0 Å². The third-order valence-electron chi connectivity index (χ3n) is 4.54. The summed E-state index contributed by atoms with van der Waals surface area (Å²) in [5.74, 6) is -0.260. The Balaban J connectivity index is 1.82. The molecule has 1 aliphatic rings. The van der Waals surface area contributed by atoms with Gasteiger partial charge in [0, 0.05) is 5.02 Å². The van der Waals surface area contributed by atoms with Crippen LogP contribution in [-0.4, -0.2) is 25.7 Å². The number of ether oxygens (including phenoxy) is 1. The minimum Gasteiger partial charge on any atom is -0.466 e. The Morgan fingerprint density at radius 2 is 2.20 bits per heavy atom. The van der Waals surface area contributed by atoms with Crippen molar-refractivity contribution in [3.8, 4) is 0 Å². The van der Waals surface area contributed by atoms with Crippen molar-refractivity contribution in [3.63, 3.8) is 0 Å². The standard InChI is InChI=1S/C18H19Cl2NO4/c1-2-24-18(23)11-4-3-5-21(8-11)9-12-10-25-17-14(16(12)22)6-13(19)7-15(17)20/h6-7,10-11H,2-5,8-9H2,1H3/p+1/t11-/m0/s1. The number of carbonyl (C=O) groups is 1. The zero-order valence-electron chi connectivity index (χ0n) is 13.9. The van der Waals surface area contributed by atoms with Crippen LogP contribution in [0.3, 0.4) is 0 Å².